The van der Waals surface area contributed by atoms with Crippen molar-refractivity contribution in [3.63, 3.8) is 0 Å². The van der Waals surface area contributed by atoms with Gasteiger partial charge in [0, 0.05) is 6.04 Å². The Morgan fingerprint density at radius 2 is 2.12 bits per heavy atom. The second kappa shape index (κ2) is 5.10. The number of carbonyl (C=O) groups excluding carboxylic acids is 1. The molecule has 17 heavy (non-hydrogen) atoms. The van der Waals surface area contributed by atoms with E-state index >= 15 is 0 Å². The molecule has 1 saturated heterocycles. The third kappa shape index (κ3) is 2.64. The third-order valence-electron chi connectivity index (χ3n) is 2.38. The lowest BCUT2D eigenvalue weighted by Gasteiger charge is -2.20. The van der Waals surface area contributed by atoms with Gasteiger partial charge in [-0.1, -0.05) is 35.5 Å². The van der Waals surface area contributed by atoms with Crippen molar-refractivity contribution in [3.8, 4) is 0 Å². The van der Waals surface area contributed by atoms with Crippen LogP contribution in [0.4, 0.5) is 5.69 Å². The molecule has 0 aromatic heterocycles. The van der Waals surface area contributed by atoms with Gasteiger partial charge >= 0.3 is 0 Å². The van der Waals surface area contributed by atoms with Crippen molar-refractivity contribution < 1.29 is 4.79 Å². The molecule has 1 heterocycles. The van der Waals surface area contributed by atoms with E-state index in [1.54, 1.807) is 11.0 Å². The zero-order valence-corrected chi connectivity index (χ0v) is 11.3. The maximum atomic E-state index is 11.7. The van der Waals surface area contributed by atoms with Crippen molar-refractivity contribution in [3.05, 3.63) is 29.3 Å². The Bertz CT molecular complexity index is 473. The number of aliphatic imine (C=N–C) groups is 1. The molecule has 0 atom stereocenters. The first-order valence-electron chi connectivity index (χ1n) is 5.37. The second-order valence-electron chi connectivity index (χ2n) is 3.99. The molecule has 0 radical (unpaired) electrons. The first-order chi connectivity index (χ1) is 8.09. The van der Waals surface area contributed by atoms with Gasteiger partial charge in [-0.15, -0.1) is 0 Å². The van der Waals surface area contributed by atoms with Crippen molar-refractivity contribution in [2.45, 2.75) is 19.9 Å². The summed E-state index contributed by atoms with van der Waals surface area (Å²) in [5.41, 5.74) is 0.706. The first kappa shape index (κ1) is 12.5. The van der Waals surface area contributed by atoms with Crippen LogP contribution in [0.1, 0.15) is 13.8 Å². The fourth-order valence-electron chi connectivity index (χ4n) is 1.61. The van der Waals surface area contributed by atoms with E-state index < -0.39 is 0 Å². The highest BCUT2D eigenvalue weighted by molar-refractivity contribution is 8.15. The second-order valence-corrected chi connectivity index (χ2v) is 5.34. The zero-order chi connectivity index (χ0) is 12.4. The summed E-state index contributed by atoms with van der Waals surface area (Å²) >= 11 is 7.50. The summed E-state index contributed by atoms with van der Waals surface area (Å²) in [5, 5.41) is 1.33. The Balaban J connectivity index is 2.34. The van der Waals surface area contributed by atoms with E-state index in [0.717, 1.165) is 5.17 Å². The van der Waals surface area contributed by atoms with Crippen LogP contribution in [0, 0.1) is 0 Å². The van der Waals surface area contributed by atoms with E-state index in [1.165, 1.54) is 11.8 Å². The first-order valence-corrected chi connectivity index (χ1v) is 6.74. The number of hydrogen-bond acceptors (Lipinski definition) is 3. The van der Waals surface area contributed by atoms with Gasteiger partial charge < -0.3 is 0 Å². The number of nitrogens with zero attached hydrogens (tertiary/aromatic N) is 2. The lowest BCUT2D eigenvalue weighted by Crippen LogP contribution is -2.35. The van der Waals surface area contributed by atoms with E-state index in [0.29, 0.717) is 16.5 Å². The molecule has 1 aromatic carbocycles. The van der Waals surface area contributed by atoms with E-state index in [9.17, 15) is 4.79 Å². The zero-order valence-electron chi connectivity index (χ0n) is 9.68. The molecule has 0 aliphatic carbocycles. The number of halogens is 1. The number of thioether (sulfide) groups is 1. The van der Waals surface area contributed by atoms with Gasteiger partial charge in [0.05, 0.1) is 16.5 Å². The van der Waals surface area contributed by atoms with Crippen LogP contribution in [0.5, 0.6) is 0 Å². The van der Waals surface area contributed by atoms with Crippen molar-refractivity contribution in [1.82, 2.24) is 4.90 Å². The number of para-hydroxylation sites is 1. The van der Waals surface area contributed by atoms with Crippen molar-refractivity contribution >= 4 is 40.1 Å². The predicted octanol–water partition coefficient (Wildman–Crippen LogP) is 3.31. The molecule has 1 aliphatic heterocycles. The lowest BCUT2D eigenvalue weighted by molar-refractivity contribution is -0.125. The minimum Gasteiger partial charge on any atom is -0.288 e. The SMILES string of the molecule is CC(C)N1C(=O)CSC1=Nc1ccccc1Cl. The fourth-order valence-corrected chi connectivity index (χ4v) is 2.80. The molecule has 2 rings (SSSR count). The van der Waals surface area contributed by atoms with Crippen molar-refractivity contribution in [2.24, 2.45) is 4.99 Å². The maximum absolute atomic E-state index is 11.7. The lowest BCUT2D eigenvalue weighted by atomic mass is 10.3. The summed E-state index contributed by atoms with van der Waals surface area (Å²) < 4.78 is 0. The molecule has 1 aliphatic rings. The van der Waals surface area contributed by atoms with Gasteiger partial charge in [-0.25, -0.2) is 4.99 Å². The van der Waals surface area contributed by atoms with Crippen molar-refractivity contribution in [2.75, 3.05) is 5.75 Å². The summed E-state index contributed by atoms with van der Waals surface area (Å²) in [7, 11) is 0. The number of rotatable bonds is 2. The minimum absolute atomic E-state index is 0.107. The Morgan fingerprint density at radius 1 is 1.41 bits per heavy atom. The molecular weight excluding hydrogens is 256 g/mol. The standard InChI is InChI=1S/C12H13ClN2OS/c1-8(2)15-11(16)7-17-12(15)14-10-6-4-3-5-9(10)13/h3-6,8H,7H2,1-2H3. The summed E-state index contributed by atoms with van der Waals surface area (Å²) in [6, 6.07) is 7.50. The Kier molecular flexibility index (Phi) is 3.74. The highest BCUT2D eigenvalue weighted by Crippen LogP contribution is 2.29. The van der Waals surface area contributed by atoms with Gasteiger partial charge in [-0.05, 0) is 26.0 Å². The molecule has 0 N–H and O–H groups in total. The van der Waals surface area contributed by atoms with Crippen LogP contribution >= 0.6 is 23.4 Å². The Labute approximate surface area is 110 Å². The minimum atomic E-state index is 0.107. The quantitative estimate of drug-likeness (QED) is 0.824. The van der Waals surface area contributed by atoms with E-state index in [-0.39, 0.29) is 11.9 Å². The van der Waals surface area contributed by atoms with Gasteiger partial charge in [-0.2, -0.15) is 0 Å². The predicted molar refractivity (Wildman–Crippen MR) is 73.0 cm³/mol. The van der Waals surface area contributed by atoms with E-state index in [4.69, 9.17) is 11.6 Å². The maximum Gasteiger partial charge on any atom is 0.239 e. The Morgan fingerprint density at radius 3 is 2.76 bits per heavy atom. The molecule has 1 amide bonds. The molecule has 90 valence electrons. The number of amidine groups is 1. The van der Waals surface area contributed by atoms with Crippen LogP contribution in [0.15, 0.2) is 29.3 Å². The van der Waals surface area contributed by atoms with Crippen molar-refractivity contribution in [1.29, 1.82) is 0 Å². The van der Waals surface area contributed by atoms with E-state index in [2.05, 4.69) is 4.99 Å². The van der Waals surface area contributed by atoms with Gasteiger partial charge in [0.1, 0.15) is 0 Å². The number of carbonyl (C=O) groups is 1. The van der Waals surface area contributed by atoms with Crippen LogP contribution in [0.3, 0.4) is 0 Å². The van der Waals surface area contributed by atoms with Crippen LogP contribution in [-0.4, -0.2) is 27.8 Å². The van der Waals surface area contributed by atoms with Crippen LogP contribution in [0.2, 0.25) is 5.02 Å². The smallest absolute Gasteiger partial charge is 0.239 e. The van der Waals surface area contributed by atoms with Gasteiger partial charge in [0.15, 0.2) is 5.17 Å². The monoisotopic (exact) mass is 268 g/mol. The molecule has 1 aromatic rings. The molecular formula is C12H13ClN2OS. The highest BCUT2D eigenvalue weighted by atomic mass is 35.5. The third-order valence-corrected chi connectivity index (χ3v) is 3.64. The molecule has 0 saturated carbocycles. The average molecular weight is 269 g/mol. The van der Waals surface area contributed by atoms with Gasteiger partial charge in [0.25, 0.3) is 0 Å². The molecule has 0 bridgehead atoms. The summed E-state index contributed by atoms with van der Waals surface area (Å²) in [6.07, 6.45) is 0. The van der Waals surface area contributed by atoms with Gasteiger partial charge in [0.2, 0.25) is 5.91 Å². The Hall–Kier alpha value is -1.00. The molecule has 3 nitrogen and oxygen atoms in total. The largest absolute Gasteiger partial charge is 0.288 e. The van der Waals surface area contributed by atoms with Crippen LogP contribution < -0.4 is 0 Å². The fraction of sp³-hybridized carbons (Fsp3) is 0.333. The number of amides is 1. The summed E-state index contributed by atoms with van der Waals surface area (Å²) in [5.74, 6) is 0.567. The number of benzene rings is 1. The summed E-state index contributed by atoms with van der Waals surface area (Å²) in [4.78, 5) is 17.9. The normalized spacial score (nSPS) is 18.5. The highest BCUT2D eigenvalue weighted by Gasteiger charge is 2.30. The average Bonchev–Trinajstić information content (AvgIpc) is 2.63. The molecule has 1 fully saturated rings. The summed E-state index contributed by atoms with van der Waals surface area (Å²) in [6.45, 7) is 3.96. The topological polar surface area (TPSA) is 32.7 Å². The van der Waals surface area contributed by atoms with Crippen LogP contribution in [-0.2, 0) is 4.79 Å². The molecule has 0 unspecified atom stereocenters. The van der Waals surface area contributed by atoms with E-state index in [1.807, 2.05) is 32.0 Å². The molecule has 5 heteroatoms. The molecule has 0 spiro atoms. The number of hydrogen-bond donors (Lipinski definition) is 0. The van der Waals surface area contributed by atoms with Crippen LogP contribution in [0.25, 0.3) is 0 Å². The van der Waals surface area contributed by atoms with Gasteiger partial charge in [-0.3, -0.25) is 9.69 Å².